The standard InChI is InChI=1S/C21H23FN4/c1-4-17-7-5-6-14(2)20(17)25-19-12-15(3)24-21(26-19)23-13-16-8-10-18(22)11-9-16/h5-12H,4,13H2,1-3H3,(H2,23,24,25,26). The molecule has 3 rings (SSSR count). The first kappa shape index (κ1) is 17.9. The number of nitrogens with zero attached hydrogens (tertiary/aromatic N) is 2. The van der Waals surface area contributed by atoms with Crippen LogP contribution in [-0.2, 0) is 13.0 Å². The number of halogens is 1. The number of aromatic nitrogens is 2. The molecule has 134 valence electrons. The minimum Gasteiger partial charge on any atom is -0.350 e. The number of hydrogen-bond donors (Lipinski definition) is 2. The zero-order valence-electron chi connectivity index (χ0n) is 15.3. The van der Waals surface area contributed by atoms with Gasteiger partial charge in [0.1, 0.15) is 11.6 Å². The minimum absolute atomic E-state index is 0.239. The Kier molecular flexibility index (Phi) is 5.46. The van der Waals surface area contributed by atoms with Gasteiger partial charge in [-0.1, -0.05) is 37.3 Å². The number of benzene rings is 2. The molecular weight excluding hydrogens is 327 g/mol. The predicted octanol–water partition coefficient (Wildman–Crippen LogP) is 5.15. The third-order valence-electron chi connectivity index (χ3n) is 4.21. The van der Waals surface area contributed by atoms with Crippen molar-refractivity contribution in [2.75, 3.05) is 10.6 Å². The second-order valence-electron chi connectivity index (χ2n) is 6.29. The van der Waals surface area contributed by atoms with E-state index in [2.05, 4.69) is 52.6 Å². The summed E-state index contributed by atoms with van der Waals surface area (Å²) in [4.78, 5) is 9.01. The van der Waals surface area contributed by atoms with Gasteiger partial charge in [-0.2, -0.15) is 4.98 Å². The van der Waals surface area contributed by atoms with E-state index in [0.717, 1.165) is 29.2 Å². The van der Waals surface area contributed by atoms with Crippen LogP contribution in [0.3, 0.4) is 0 Å². The van der Waals surface area contributed by atoms with Gasteiger partial charge in [0.05, 0.1) is 0 Å². The molecule has 0 bridgehead atoms. The van der Waals surface area contributed by atoms with Gasteiger partial charge in [0.25, 0.3) is 0 Å². The fourth-order valence-corrected chi connectivity index (χ4v) is 2.83. The molecule has 3 aromatic rings. The summed E-state index contributed by atoms with van der Waals surface area (Å²) in [7, 11) is 0. The maximum Gasteiger partial charge on any atom is 0.225 e. The molecule has 0 unspecified atom stereocenters. The number of nitrogens with one attached hydrogen (secondary N) is 2. The van der Waals surface area contributed by atoms with E-state index in [1.807, 2.05) is 13.0 Å². The SMILES string of the molecule is CCc1cccc(C)c1Nc1cc(C)nc(NCc2ccc(F)cc2)n1. The molecule has 4 nitrogen and oxygen atoms in total. The monoisotopic (exact) mass is 350 g/mol. The van der Waals surface area contributed by atoms with Crippen LogP contribution in [0, 0.1) is 19.7 Å². The number of para-hydroxylation sites is 1. The Morgan fingerprint density at radius 2 is 1.77 bits per heavy atom. The van der Waals surface area contributed by atoms with Crippen molar-refractivity contribution in [3.05, 3.63) is 76.7 Å². The zero-order chi connectivity index (χ0) is 18.5. The summed E-state index contributed by atoms with van der Waals surface area (Å²) in [5.41, 5.74) is 5.37. The lowest BCUT2D eigenvalue weighted by atomic mass is 10.1. The van der Waals surface area contributed by atoms with Crippen molar-refractivity contribution in [2.24, 2.45) is 0 Å². The summed E-state index contributed by atoms with van der Waals surface area (Å²) in [6.07, 6.45) is 0.948. The number of hydrogen-bond acceptors (Lipinski definition) is 4. The van der Waals surface area contributed by atoms with Gasteiger partial charge in [-0.3, -0.25) is 0 Å². The highest BCUT2D eigenvalue weighted by Gasteiger charge is 2.08. The second-order valence-corrected chi connectivity index (χ2v) is 6.29. The number of anilines is 3. The fraction of sp³-hybridized carbons (Fsp3) is 0.238. The first-order chi connectivity index (χ1) is 12.5. The minimum atomic E-state index is -0.239. The lowest BCUT2D eigenvalue weighted by Gasteiger charge is -2.15. The molecule has 0 fully saturated rings. The highest BCUT2D eigenvalue weighted by Crippen LogP contribution is 2.25. The molecule has 0 spiro atoms. The lowest BCUT2D eigenvalue weighted by molar-refractivity contribution is 0.627. The van der Waals surface area contributed by atoms with Crippen LogP contribution in [0.2, 0.25) is 0 Å². The van der Waals surface area contributed by atoms with Crippen molar-refractivity contribution < 1.29 is 4.39 Å². The van der Waals surface area contributed by atoms with Crippen molar-refractivity contribution in [3.8, 4) is 0 Å². The summed E-state index contributed by atoms with van der Waals surface area (Å²) in [6, 6.07) is 14.6. The summed E-state index contributed by atoms with van der Waals surface area (Å²) < 4.78 is 13.0. The first-order valence-corrected chi connectivity index (χ1v) is 8.74. The molecule has 26 heavy (non-hydrogen) atoms. The molecular formula is C21H23FN4. The summed E-state index contributed by atoms with van der Waals surface area (Å²) in [5.74, 6) is 1.06. The van der Waals surface area contributed by atoms with Crippen molar-refractivity contribution >= 4 is 17.5 Å². The van der Waals surface area contributed by atoms with Crippen LogP contribution in [0.1, 0.15) is 29.3 Å². The molecule has 0 saturated carbocycles. The third-order valence-corrected chi connectivity index (χ3v) is 4.21. The topological polar surface area (TPSA) is 49.8 Å². The van der Waals surface area contributed by atoms with Gasteiger partial charge in [-0.05, 0) is 49.1 Å². The zero-order valence-corrected chi connectivity index (χ0v) is 15.3. The van der Waals surface area contributed by atoms with E-state index < -0.39 is 0 Å². The summed E-state index contributed by atoms with van der Waals surface area (Å²) in [6.45, 7) is 6.70. The molecule has 0 aliphatic carbocycles. The van der Waals surface area contributed by atoms with Crippen LogP contribution in [0.5, 0.6) is 0 Å². The van der Waals surface area contributed by atoms with Crippen LogP contribution in [0.25, 0.3) is 0 Å². The molecule has 0 atom stereocenters. The van der Waals surface area contributed by atoms with Gasteiger partial charge in [-0.25, -0.2) is 9.37 Å². The number of aryl methyl sites for hydroxylation is 3. The predicted molar refractivity (Wildman–Crippen MR) is 104 cm³/mol. The molecule has 5 heteroatoms. The lowest BCUT2D eigenvalue weighted by Crippen LogP contribution is -2.07. The van der Waals surface area contributed by atoms with Crippen LogP contribution >= 0.6 is 0 Å². The van der Waals surface area contributed by atoms with Gasteiger partial charge in [0.15, 0.2) is 0 Å². The Labute approximate surface area is 153 Å². The van der Waals surface area contributed by atoms with Gasteiger partial charge in [0.2, 0.25) is 5.95 Å². The molecule has 0 radical (unpaired) electrons. The average Bonchev–Trinajstić information content (AvgIpc) is 2.62. The third kappa shape index (κ3) is 4.36. The highest BCUT2D eigenvalue weighted by molar-refractivity contribution is 5.65. The van der Waals surface area contributed by atoms with E-state index in [1.165, 1.54) is 23.3 Å². The largest absolute Gasteiger partial charge is 0.350 e. The van der Waals surface area contributed by atoms with E-state index in [1.54, 1.807) is 12.1 Å². The van der Waals surface area contributed by atoms with E-state index in [0.29, 0.717) is 12.5 Å². The Morgan fingerprint density at radius 1 is 1.00 bits per heavy atom. The Hall–Kier alpha value is -2.95. The molecule has 1 heterocycles. The van der Waals surface area contributed by atoms with Crippen LogP contribution < -0.4 is 10.6 Å². The Balaban J connectivity index is 1.78. The molecule has 2 N–H and O–H groups in total. The van der Waals surface area contributed by atoms with Crippen molar-refractivity contribution in [1.29, 1.82) is 0 Å². The maximum atomic E-state index is 13.0. The molecule has 0 amide bonds. The smallest absolute Gasteiger partial charge is 0.225 e. The quantitative estimate of drug-likeness (QED) is 0.645. The highest BCUT2D eigenvalue weighted by atomic mass is 19.1. The van der Waals surface area contributed by atoms with Gasteiger partial charge in [-0.15, -0.1) is 0 Å². The second kappa shape index (κ2) is 7.95. The normalized spacial score (nSPS) is 10.6. The molecule has 1 aromatic heterocycles. The van der Waals surface area contributed by atoms with Crippen molar-refractivity contribution in [3.63, 3.8) is 0 Å². The van der Waals surface area contributed by atoms with Crippen molar-refractivity contribution in [1.82, 2.24) is 9.97 Å². The van der Waals surface area contributed by atoms with Crippen LogP contribution in [-0.4, -0.2) is 9.97 Å². The van der Waals surface area contributed by atoms with Gasteiger partial charge >= 0.3 is 0 Å². The van der Waals surface area contributed by atoms with Crippen molar-refractivity contribution in [2.45, 2.75) is 33.7 Å². The van der Waals surface area contributed by atoms with E-state index in [4.69, 9.17) is 0 Å². The van der Waals surface area contributed by atoms with Crippen LogP contribution in [0.4, 0.5) is 21.8 Å². The summed E-state index contributed by atoms with van der Waals surface area (Å²) >= 11 is 0. The van der Waals surface area contributed by atoms with E-state index >= 15 is 0 Å². The Bertz CT molecular complexity index is 891. The maximum absolute atomic E-state index is 13.0. The number of rotatable bonds is 6. The molecule has 0 aliphatic rings. The van der Waals surface area contributed by atoms with Gasteiger partial charge in [0, 0.05) is 24.0 Å². The van der Waals surface area contributed by atoms with E-state index in [-0.39, 0.29) is 5.82 Å². The van der Waals surface area contributed by atoms with Crippen LogP contribution in [0.15, 0.2) is 48.5 Å². The fourth-order valence-electron chi connectivity index (χ4n) is 2.83. The van der Waals surface area contributed by atoms with Gasteiger partial charge < -0.3 is 10.6 Å². The first-order valence-electron chi connectivity index (χ1n) is 8.74. The molecule has 0 saturated heterocycles. The Morgan fingerprint density at radius 3 is 2.50 bits per heavy atom. The summed E-state index contributed by atoms with van der Waals surface area (Å²) in [5, 5.41) is 6.64. The molecule has 2 aromatic carbocycles. The average molecular weight is 350 g/mol. The molecule has 0 aliphatic heterocycles. The van der Waals surface area contributed by atoms with E-state index in [9.17, 15) is 4.39 Å².